The van der Waals surface area contributed by atoms with Gasteiger partial charge in [-0.2, -0.15) is 0 Å². The van der Waals surface area contributed by atoms with E-state index < -0.39 is 12.1 Å². The van der Waals surface area contributed by atoms with Crippen molar-refractivity contribution in [3.63, 3.8) is 0 Å². The molecule has 6 heteroatoms. The largest absolute Gasteiger partial charge is 0.343 e. The first-order valence-electron chi connectivity index (χ1n) is 7.45. The summed E-state index contributed by atoms with van der Waals surface area (Å²) in [6, 6.07) is 0.838. The fourth-order valence-electron chi connectivity index (χ4n) is 2.60. The van der Waals surface area contributed by atoms with Crippen LogP contribution < -0.4 is 5.32 Å². The molecule has 1 fully saturated rings. The molecule has 114 valence electrons. The van der Waals surface area contributed by atoms with Crippen LogP contribution in [-0.2, 0) is 16.1 Å². The van der Waals surface area contributed by atoms with Gasteiger partial charge < -0.3 is 10.2 Å². The predicted octanol–water partition coefficient (Wildman–Crippen LogP) is 1.13. The third-order valence-corrected chi connectivity index (χ3v) is 4.02. The van der Waals surface area contributed by atoms with Gasteiger partial charge in [0.1, 0.15) is 17.9 Å². The van der Waals surface area contributed by atoms with Crippen molar-refractivity contribution >= 4 is 11.8 Å². The maximum Gasteiger partial charge on any atom is 0.246 e. The van der Waals surface area contributed by atoms with E-state index in [0.717, 1.165) is 6.42 Å². The molecule has 2 heterocycles. The molecular weight excluding hydrogens is 268 g/mol. The number of aromatic nitrogens is 2. The summed E-state index contributed by atoms with van der Waals surface area (Å²) in [6.07, 6.45) is 4.71. The molecule has 0 bridgehead atoms. The predicted molar refractivity (Wildman–Crippen MR) is 78.0 cm³/mol. The highest BCUT2D eigenvalue weighted by Crippen LogP contribution is 2.22. The average molecular weight is 290 g/mol. The van der Waals surface area contributed by atoms with Crippen LogP contribution in [0.3, 0.4) is 0 Å². The van der Waals surface area contributed by atoms with Crippen molar-refractivity contribution in [2.45, 2.75) is 52.2 Å². The van der Waals surface area contributed by atoms with E-state index in [1.807, 2.05) is 20.8 Å². The molecule has 1 saturated heterocycles. The Morgan fingerprint density at radius 2 is 1.95 bits per heavy atom. The van der Waals surface area contributed by atoms with Crippen molar-refractivity contribution in [3.8, 4) is 0 Å². The normalized spacial score (nSPS) is 23.9. The molecule has 6 nitrogen and oxygen atoms in total. The molecule has 1 aromatic heterocycles. The first-order chi connectivity index (χ1) is 10.1. The Bertz CT molecular complexity index is 506. The van der Waals surface area contributed by atoms with Crippen LogP contribution in [0.2, 0.25) is 0 Å². The van der Waals surface area contributed by atoms with Gasteiger partial charge in [0.05, 0.1) is 6.54 Å². The number of hydrogen-bond acceptors (Lipinski definition) is 4. The molecule has 2 rings (SSSR count). The van der Waals surface area contributed by atoms with Crippen molar-refractivity contribution < 1.29 is 9.59 Å². The highest BCUT2D eigenvalue weighted by Gasteiger charge is 2.42. The van der Waals surface area contributed by atoms with Crippen LogP contribution in [0.25, 0.3) is 0 Å². The Morgan fingerprint density at radius 1 is 1.29 bits per heavy atom. The lowest BCUT2D eigenvalue weighted by atomic mass is 9.93. The highest BCUT2D eigenvalue weighted by atomic mass is 16.2. The van der Waals surface area contributed by atoms with E-state index in [1.165, 1.54) is 0 Å². The van der Waals surface area contributed by atoms with E-state index in [2.05, 4.69) is 15.3 Å². The number of rotatable bonds is 5. The van der Waals surface area contributed by atoms with Gasteiger partial charge in [-0.15, -0.1) is 0 Å². The fraction of sp³-hybridized carbons (Fsp3) is 0.600. The van der Waals surface area contributed by atoms with E-state index in [0.29, 0.717) is 12.2 Å². The number of nitrogens with one attached hydrogen (secondary N) is 1. The van der Waals surface area contributed by atoms with E-state index in [4.69, 9.17) is 0 Å². The van der Waals surface area contributed by atoms with Gasteiger partial charge in [0.25, 0.3) is 0 Å². The third kappa shape index (κ3) is 3.20. The number of amides is 2. The lowest BCUT2D eigenvalue weighted by Crippen LogP contribution is -2.64. The summed E-state index contributed by atoms with van der Waals surface area (Å²) >= 11 is 0. The maximum absolute atomic E-state index is 12.6. The molecule has 2 amide bonds. The molecule has 0 aliphatic carbocycles. The van der Waals surface area contributed by atoms with E-state index >= 15 is 0 Å². The number of carbonyl (C=O) groups is 2. The zero-order valence-electron chi connectivity index (χ0n) is 12.7. The molecule has 0 spiro atoms. The van der Waals surface area contributed by atoms with Crippen LogP contribution in [0.4, 0.5) is 0 Å². The Kier molecular flexibility index (Phi) is 4.88. The smallest absolute Gasteiger partial charge is 0.246 e. The van der Waals surface area contributed by atoms with Gasteiger partial charge >= 0.3 is 0 Å². The summed E-state index contributed by atoms with van der Waals surface area (Å²) in [6.45, 7) is 6.18. The van der Waals surface area contributed by atoms with Crippen LogP contribution in [-0.4, -0.2) is 38.8 Å². The molecular formula is C15H22N4O2. The van der Waals surface area contributed by atoms with Crippen LogP contribution in [0, 0.1) is 5.92 Å². The molecule has 0 aromatic carbocycles. The minimum absolute atomic E-state index is 0.0464. The van der Waals surface area contributed by atoms with Crippen molar-refractivity contribution in [3.05, 3.63) is 24.3 Å². The molecule has 1 aliphatic heterocycles. The minimum atomic E-state index is -0.450. The van der Waals surface area contributed by atoms with Gasteiger partial charge in [0.2, 0.25) is 11.8 Å². The molecule has 1 aromatic rings. The Balaban J connectivity index is 2.28. The van der Waals surface area contributed by atoms with Gasteiger partial charge in [-0.3, -0.25) is 9.59 Å². The maximum atomic E-state index is 12.6. The Morgan fingerprint density at radius 3 is 2.52 bits per heavy atom. The van der Waals surface area contributed by atoms with Crippen molar-refractivity contribution in [1.29, 1.82) is 0 Å². The topological polar surface area (TPSA) is 75.2 Å². The molecule has 0 radical (unpaired) electrons. The molecule has 21 heavy (non-hydrogen) atoms. The van der Waals surface area contributed by atoms with Crippen molar-refractivity contribution in [2.24, 2.45) is 5.92 Å². The Labute approximate surface area is 125 Å². The monoisotopic (exact) mass is 290 g/mol. The number of nitrogens with zero attached hydrogens (tertiary/aromatic N) is 3. The van der Waals surface area contributed by atoms with Crippen LogP contribution in [0.15, 0.2) is 18.5 Å². The Hall–Kier alpha value is -1.98. The van der Waals surface area contributed by atoms with Crippen LogP contribution in [0.1, 0.15) is 39.4 Å². The number of hydrogen-bond donors (Lipinski definition) is 1. The quantitative estimate of drug-likeness (QED) is 0.882. The summed E-state index contributed by atoms with van der Waals surface area (Å²) in [4.78, 5) is 34.9. The summed E-state index contributed by atoms with van der Waals surface area (Å²) in [5.41, 5.74) is 0. The second-order valence-electron chi connectivity index (χ2n) is 5.43. The zero-order valence-corrected chi connectivity index (χ0v) is 12.7. The van der Waals surface area contributed by atoms with Crippen molar-refractivity contribution in [1.82, 2.24) is 20.2 Å². The molecule has 0 saturated carbocycles. The van der Waals surface area contributed by atoms with Gasteiger partial charge in [-0.1, -0.05) is 27.2 Å². The van der Waals surface area contributed by atoms with Crippen LogP contribution >= 0.6 is 0 Å². The standard InChI is InChI=1S/C15H22N4O2/c1-4-10(3)13-14(20)18-11(5-2)15(21)19(13)9-12-16-7-6-8-17-12/h6-8,10-11,13H,4-5,9H2,1-3H3,(H,18,20). The lowest BCUT2D eigenvalue weighted by molar-refractivity contribution is -0.152. The van der Waals surface area contributed by atoms with E-state index in [9.17, 15) is 9.59 Å². The summed E-state index contributed by atoms with van der Waals surface area (Å²) in [7, 11) is 0. The zero-order chi connectivity index (χ0) is 15.4. The first kappa shape index (κ1) is 15.4. The lowest BCUT2D eigenvalue weighted by Gasteiger charge is -2.40. The van der Waals surface area contributed by atoms with Crippen LogP contribution in [0.5, 0.6) is 0 Å². The van der Waals surface area contributed by atoms with Gasteiger partial charge in [0, 0.05) is 12.4 Å². The van der Waals surface area contributed by atoms with E-state index in [1.54, 1.807) is 23.4 Å². The summed E-state index contributed by atoms with van der Waals surface area (Å²) < 4.78 is 0. The number of piperazine rings is 1. The SMILES string of the molecule is CCC1NC(=O)C(C(C)CC)N(Cc2ncccn2)C1=O. The minimum Gasteiger partial charge on any atom is -0.343 e. The molecule has 1 N–H and O–H groups in total. The summed E-state index contributed by atoms with van der Waals surface area (Å²) in [5, 5.41) is 2.83. The second-order valence-corrected chi connectivity index (χ2v) is 5.43. The molecule has 3 unspecified atom stereocenters. The number of carbonyl (C=O) groups excluding carboxylic acids is 2. The summed E-state index contributed by atoms with van der Waals surface area (Å²) in [5.74, 6) is 0.528. The van der Waals surface area contributed by atoms with Gasteiger partial charge in [0.15, 0.2) is 0 Å². The second kappa shape index (κ2) is 6.65. The van der Waals surface area contributed by atoms with Gasteiger partial charge in [-0.25, -0.2) is 9.97 Å². The average Bonchev–Trinajstić information content (AvgIpc) is 2.51. The van der Waals surface area contributed by atoms with E-state index in [-0.39, 0.29) is 24.3 Å². The molecule has 1 aliphatic rings. The first-order valence-corrected chi connectivity index (χ1v) is 7.45. The highest BCUT2D eigenvalue weighted by molar-refractivity contribution is 5.97. The van der Waals surface area contributed by atoms with Gasteiger partial charge in [-0.05, 0) is 18.4 Å². The molecule has 3 atom stereocenters. The third-order valence-electron chi connectivity index (χ3n) is 4.02. The fourth-order valence-corrected chi connectivity index (χ4v) is 2.60. The van der Waals surface area contributed by atoms with Crippen molar-refractivity contribution in [2.75, 3.05) is 0 Å².